The molecule has 1 saturated heterocycles. The van der Waals surface area contributed by atoms with E-state index in [1.54, 1.807) is 0 Å². The summed E-state index contributed by atoms with van der Waals surface area (Å²) in [5, 5.41) is 10.8. The van der Waals surface area contributed by atoms with Crippen LogP contribution in [0.4, 0.5) is 0 Å². The number of ether oxygens (including phenoxy) is 3. The Hall–Kier alpha value is -2.04. The van der Waals surface area contributed by atoms with Crippen LogP contribution in [0.2, 0.25) is 0 Å². The summed E-state index contributed by atoms with van der Waals surface area (Å²) in [6.07, 6.45) is 0.791. The van der Waals surface area contributed by atoms with Crippen molar-refractivity contribution in [1.29, 1.82) is 0 Å². The quantitative estimate of drug-likeness (QED) is 0.925. The van der Waals surface area contributed by atoms with Gasteiger partial charge in [0.1, 0.15) is 0 Å². The summed E-state index contributed by atoms with van der Waals surface area (Å²) in [4.78, 5) is 0. The maximum absolute atomic E-state index is 10.8. The molecule has 0 aliphatic carbocycles. The molecule has 0 radical (unpaired) electrons. The molecule has 114 valence electrons. The van der Waals surface area contributed by atoms with Crippen LogP contribution in [0.3, 0.4) is 0 Å². The first-order chi connectivity index (χ1) is 10.7. The van der Waals surface area contributed by atoms with Gasteiger partial charge in [0.25, 0.3) is 6.29 Å². The Kier molecular flexibility index (Phi) is 3.28. The molecule has 1 unspecified atom stereocenters. The van der Waals surface area contributed by atoms with Gasteiger partial charge < -0.3 is 19.3 Å². The van der Waals surface area contributed by atoms with E-state index in [0.29, 0.717) is 37.6 Å². The summed E-state index contributed by atoms with van der Waals surface area (Å²) in [7, 11) is 0. The van der Waals surface area contributed by atoms with Gasteiger partial charge in [0.05, 0.1) is 5.60 Å². The van der Waals surface area contributed by atoms with E-state index in [9.17, 15) is 5.11 Å². The van der Waals surface area contributed by atoms with E-state index in [4.69, 9.17) is 14.2 Å². The summed E-state index contributed by atoms with van der Waals surface area (Å²) >= 11 is 0. The minimum atomic E-state index is -0.832. The fourth-order valence-electron chi connectivity index (χ4n) is 2.99. The van der Waals surface area contributed by atoms with Crippen LogP contribution in [0, 0.1) is 0 Å². The van der Waals surface area contributed by atoms with Gasteiger partial charge in [-0.25, -0.2) is 0 Å². The monoisotopic (exact) mass is 298 g/mol. The van der Waals surface area contributed by atoms with Gasteiger partial charge in [-0.15, -0.1) is 0 Å². The molecule has 2 aromatic rings. The third-order valence-electron chi connectivity index (χ3n) is 4.34. The van der Waals surface area contributed by atoms with Crippen LogP contribution in [0.15, 0.2) is 48.5 Å². The largest absolute Gasteiger partial charge is 0.447 e. The lowest BCUT2D eigenvalue weighted by Crippen LogP contribution is -2.33. The van der Waals surface area contributed by atoms with Crippen LogP contribution in [0.25, 0.3) is 0 Å². The summed E-state index contributed by atoms with van der Waals surface area (Å²) in [6, 6.07) is 15.5. The number of hydrogen-bond donors (Lipinski definition) is 1. The standard InChI is InChI=1S/C18H18O4/c19-18(8-10-20-11-9-18)14-6-7-15-16(12-14)22-17(21-15)13-4-2-1-3-5-13/h1-7,12,17,19H,8-11H2. The van der Waals surface area contributed by atoms with E-state index in [0.717, 1.165) is 11.1 Å². The SMILES string of the molecule is OC1(c2ccc3c(c2)OC(c2ccccc2)O3)CCOCC1. The van der Waals surface area contributed by atoms with E-state index in [2.05, 4.69) is 0 Å². The molecule has 0 spiro atoms. The predicted octanol–water partition coefficient (Wildman–Crippen LogP) is 3.15. The van der Waals surface area contributed by atoms with Crippen molar-refractivity contribution in [2.75, 3.05) is 13.2 Å². The van der Waals surface area contributed by atoms with E-state index >= 15 is 0 Å². The molecule has 22 heavy (non-hydrogen) atoms. The minimum absolute atomic E-state index is 0.421. The van der Waals surface area contributed by atoms with Crippen molar-refractivity contribution in [3.63, 3.8) is 0 Å². The van der Waals surface area contributed by atoms with Gasteiger partial charge in [-0.3, -0.25) is 0 Å². The summed E-state index contributed by atoms with van der Waals surface area (Å²) in [5.41, 5.74) is 1.01. The predicted molar refractivity (Wildman–Crippen MR) is 80.8 cm³/mol. The molecule has 4 nitrogen and oxygen atoms in total. The van der Waals surface area contributed by atoms with Crippen molar-refractivity contribution < 1.29 is 19.3 Å². The van der Waals surface area contributed by atoms with E-state index < -0.39 is 11.9 Å². The van der Waals surface area contributed by atoms with E-state index in [1.165, 1.54) is 0 Å². The van der Waals surface area contributed by atoms with Crippen molar-refractivity contribution >= 4 is 0 Å². The maximum Gasteiger partial charge on any atom is 0.267 e. The fraction of sp³-hybridized carbons (Fsp3) is 0.333. The van der Waals surface area contributed by atoms with Gasteiger partial charge in [0.15, 0.2) is 11.5 Å². The Labute approximate surface area is 129 Å². The topological polar surface area (TPSA) is 47.9 Å². The van der Waals surface area contributed by atoms with Gasteiger partial charge in [-0.1, -0.05) is 36.4 Å². The zero-order chi connectivity index (χ0) is 15.0. The second-order valence-corrected chi connectivity index (χ2v) is 5.78. The van der Waals surface area contributed by atoms with Crippen LogP contribution < -0.4 is 9.47 Å². The Bertz CT molecular complexity index is 662. The second-order valence-electron chi connectivity index (χ2n) is 5.78. The van der Waals surface area contributed by atoms with Gasteiger partial charge >= 0.3 is 0 Å². The second kappa shape index (κ2) is 5.30. The first kappa shape index (κ1) is 13.6. The van der Waals surface area contributed by atoms with Gasteiger partial charge in [0, 0.05) is 31.6 Å². The normalized spacial score (nSPS) is 22.5. The lowest BCUT2D eigenvalue weighted by Gasteiger charge is -2.32. The van der Waals surface area contributed by atoms with Crippen LogP contribution in [-0.2, 0) is 10.3 Å². The van der Waals surface area contributed by atoms with Crippen molar-refractivity contribution in [3.8, 4) is 11.5 Å². The number of benzene rings is 2. The third-order valence-corrected chi connectivity index (χ3v) is 4.34. The Morgan fingerprint density at radius 1 is 0.909 bits per heavy atom. The van der Waals surface area contributed by atoms with E-state index in [1.807, 2.05) is 48.5 Å². The molecule has 4 rings (SSSR count). The molecular formula is C18H18O4. The summed E-state index contributed by atoms with van der Waals surface area (Å²) in [5.74, 6) is 1.40. The first-order valence-corrected chi connectivity index (χ1v) is 7.58. The number of aliphatic hydroxyl groups is 1. The highest BCUT2D eigenvalue weighted by Crippen LogP contribution is 2.43. The minimum Gasteiger partial charge on any atom is -0.447 e. The van der Waals surface area contributed by atoms with Crippen molar-refractivity contribution in [2.45, 2.75) is 24.7 Å². The zero-order valence-corrected chi connectivity index (χ0v) is 12.2. The van der Waals surface area contributed by atoms with Crippen LogP contribution in [0.5, 0.6) is 11.5 Å². The maximum atomic E-state index is 10.8. The molecule has 2 aliphatic heterocycles. The van der Waals surface area contributed by atoms with Gasteiger partial charge in [-0.2, -0.15) is 0 Å². The molecule has 1 atom stereocenters. The third kappa shape index (κ3) is 2.34. The molecular weight excluding hydrogens is 280 g/mol. The summed E-state index contributed by atoms with van der Waals surface area (Å²) < 4.78 is 17.1. The molecule has 0 amide bonds. The molecule has 1 N–H and O–H groups in total. The van der Waals surface area contributed by atoms with E-state index in [-0.39, 0.29) is 0 Å². The highest BCUT2D eigenvalue weighted by atomic mass is 16.7. The molecule has 0 aromatic heterocycles. The molecule has 1 fully saturated rings. The summed E-state index contributed by atoms with van der Waals surface area (Å²) in [6.45, 7) is 1.16. The smallest absolute Gasteiger partial charge is 0.267 e. The Morgan fingerprint density at radius 3 is 2.41 bits per heavy atom. The van der Waals surface area contributed by atoms with Crippen LogP contribution in [-0.4, -0.2) is 18.3 Å². The average Bonchev–Trinajstić information content (AvgIpc) is 2.99. The molecule has 0 bridgehead atoms. The zero-order valence-electron chi connectivity index (χ0n) is 12.2. The molecule has 2 heterocycles. The van der Waals surface area contributed by atoms with Gasteiger partial charge in [0.2, 0.25) is 0 Å². The molecule has 0 saturated carbocycles. The Balaban J connectivity index is 1.60. The highest BCUT2D eigenvalue weighted by molar-refractivity contribution is 5.47. The molecule has 4 heteroatoms. The first-order valence-electron chi connectivity index (χ1n) is 7.58. The highest BCUT2D eigenvalue weighted by Gasteiger charge is 2.34. The van der Waals surface area contributed by atoms with Crippen LogP contribution >= 0.6 is 0 Å². The van der Waals surface area contributed by atoms with Crippen molar-refractivity contribution in [1.82, 2.24) is 0 Å². The lowest BCUT2D eigenvalue weighted by atomic mass is 9.86. The van der Waals surface area contributed by atoms with Crippen molar-refractivity contribution in [2.24, 2.45) is 0 Å². The molecule has 2 aliphatic rings. The fourth-order valence-corrected chi connectivity index (χ4v) is 2.99. The van der Waals surface area contributed by atoms with Crippen molar-refractivity contribution in [3.05, 3.63) is 59.7 Å². The average molecular weight is 298 g/mol. The number of fused-ring (bicyclic) bond motifs is 1. The Morgan fingerprint density at radius 2 is 1.64 bits per heavy atom. The van der Waals surface area contributed by atoms with Crippen LogP contribution in [0.1, 0.15) is 30.3 Å². The van der Waals surface area contributed by atoms with Gasteiger partial charge in [-0.05, 0) is 17.7 Å². The lowest BCUT2D eigenvalue weighted by molar-refractivity contribution is -0.0680. The number of rotatable bonds is 2. The molecule has 2 aromatic carbocycles. The number of hydrogen-bond acceptors (Lipinski definition) is 4.